The number of nitrogens with two attached hydrogens (primary N) is 3. The van der Waals surface area contributed by atoms with Crippen molar-refractivity contribution in [3.05, 3.63) is 94.0 Å². The average Bonchev–Trinajstić information content (AvgIpc) is 1.82. The zero-order chi connectivity index (χ0) is 68.7. The number of benzene rings is 2. The van der Waals surface area contributed by atoms with Crippen LogP contribution in [0.5, 0.6) is 5.75 Å². The number of methoxy groups -OCH3 is 2. The van der Waals surface area contributed by atoms with E-state index in [0.717, 1.165) is 32.5 Å². The van der Waals surface area contributed by atoms with Crippen LogP contribution in [0.1, 0.15) is 121 Å². The van der Waals surface area contributed by atoms with Gasteiger partial charge < -0.3 is 81.7 Å². The van der Waals surface area contributed by atoms with Crippen molar-refractivity contribution >= 4 is 58.8 Å². The van der Waals surface area contributed by atoms with Gasteiger partial charge in [0.1, 0.15) is 47.8 Å². The molecule has 1 unspecified atom stereocenters. The molecule has 27 nitrogen and oxygen atoms in total. The predicted octanol–water partition coefficient (Wildman–Crippen LogP) is 2.53. The van der Waals surface area contributed by atoms with Gasteiger partial charge in [0.15, 0.2) is 6.10 Å². The monoisotopic (exact) mass is 1320 g/mol. The van der Waals surface area contributed by atoms with E-state index in [4.69, 9.17) is 40.9 Å². The summed E-state index contributed by atoms with van der Waals surface area (Å²) < 4.78 is 29.3. The number of likely N-dealkylation sites (tertiary alicyclic amines) is 1. The number of hydrogen-bond donors (Lipinski definition) is 9. The van der Waals surface area contributed by atoms with Gasteiger partial charge in [0.2, 0.25) is 29.9 Å². The summed E-state index contributed by atoms with van der Waals surface area (Å²) in [4.78, 5) is 119. The second-order valence-corrected chi connectivity index (χ2v) is 26.0. The molecule has 2 saturated heterocycles. The molecular weight excluding hydrogens is 1220 g/mol. The fourth-order valence-electron chi connectivity index (χ4n) is 12.6. The van der Waals surface area contributed by atoms with Crippen molar-refractivity contribution < 1.29 is 82.5 Å². The van der Waals surface area contributed by atoms with Gasteiger partial charge in [0, 0.05) is 82.8 Å². The van der Waals surface area contributed by atoms with Gasteiger partial charge >= 0.3 is 12.1 Å². The number of nitrogens with one attached hydrogen (secondary N) is 2. The number of hydrogen-bond acceptors (Lipinski definition) is 21. The number of rotatable bonds is 33. The second kappa shape index (κ2) is 34.4. The molecule has 0 bridgehead atoms. The van der Waals surface area contributed by atoms with Crippen LogP contribution in [0.2, 0.25) is 0 Å². The second-order valence-electron chi connectivity index (χ2n) is 25.1. The molecular formula is C65H96N10O17S. The molecule has 1 aromatic heterocycles. The van der Waals surface area contributed by atoms with Gasteiger partial charge in [0.25, 0.3) is 11.8 Å². The van der Waals surface area contributed by atoms with E-state index in [0.29, 0.717) is 37.8 Å². The summed E-state index contributed by atoms with van der Waals surface area (Å²) in [5, 5.41) is 50.2. The molecule has 28 heteroatoms. The Morgan fingerprint density at radius 1 is 0.849 bits per heavy atom. The molecule has 0 saturated carbocycles. The first-order valence-electron chi connectivity index (χ1n) is 31.6. The Kier molecular flexibility index (Phi) is 27.8. The van der Waals surface area contributed by atoms with Crippen molar-refractivity contribution in [2.24, 2.45) is 40.9 Å². The molecule has 3 aliphatic heterocycles. The number of thiazole rings is 1. The minimum atomic E-state index is -2.00. The molecule has 0 aliphatic carbocycles. The van der Waals surface area contributed by atoms with Crippen molar-refractivity contribution in [3.8, 4) is 5.75 Å². The number of aliphatic carboxylic acids is 1. The fraction of sp³-hybridized carbons (Fsp3) is 0.615. The number of carbonyl (C=O) groups excluding carboxylic acids is 7. The summed E-state index contributed by atoms with van der Waals surface area (Å²) >= 11 is 1.46. The number of carbonyl (C=O) groups is 8. The highest BCUT2D eigenvalue weighted by Crippen LogP contribution is 2.35. The maximum Gasteiger partial charge on any atom is 0.410 e. The first-order valence-corrected chi connectivity index (χ1v) is 32.5. The molecule has 6 rings (SSSR count). The summed E-state index contributed by atoms with van der Waals surface area (Å²) in [5.41, 5.74) is 20.8. The number of amides is 7. The van der Waals surface area contributed by atoms with E-state index in [-0.39, 0.29) is 60.9 Å². The van der Waals surface area contributed by atoms with Crippen LogP contribution in [0.4, 0.5) is 4.79 Å². The first kappa shape index (κ1) is 75.0. The van der Waals surface area contributed by atoms with Crippen LogP contribution in [0.15, 0.2) is 72.3 Å². The number of aliphatic hydroxyl groups is 3. The zero-order valence-electron chi connectivity index (χ0n) is 54.9. The first-order chi connectivity index (χ1) is 44.1. The molecule has 12 N–H and O–H groups in total. The van der Waals surface area contributed by atoms with Gasteiger partial charge in [-0.2, -0.15) is 0 Å². The lowest BCUT2D eigenvalue weighted by Gasteiger charge is -2.41. The van der Waals surface area contributed by atoms with Gasteiger partial charge in [-0.05, 0) is 73.1 Å². The number of ether oxygens (including phenoxy) is 5. The number of imide groups is 1. The molecule has 2 aromatic carbocycles. The van der Waals surface area contributed by atoms with Crippen molar-refractivity contribution in [3.63, 3.8) is 0 Å². The largest absolute Gasteiger partial charge is 0.479 e. The molecule has 17 atom stereocenters. The molecule has 7 amide bonds. The Balaban J connectivity index is 1.14. The number of nitrogens with zero attached hydrogens (tertiary/aromatic N) is 5. The van der Waals surface area contributed by atoms with E-state index in [1.165, 1.54) is 48.6 Å². The fourth-order valence-corrected chi connectivity index (χ4v) is 13.3. The summed E-state index contributed by atoms with van der Waals surface area (Å²) in [6.07, 6.45) is -5.74. The highest BCUT2D eigenvalue weighted by Gasteiger charge is 2.49. The number of likely N-dealkylation sites (N-methyl/N-ethyl adjacent to an activating group) is 2. The standard InChI is InChI=1S/C65H96N10O17S/c1-12-36(6)53(47(88-10)31-50(78)74-27-16-19-44(74)57(89-11)37(7)59(82)70-43(61-69-26-28-93-61)30-38-17-14-13-15-18-38)72(8)62(84)51(34(2)3)71-60(83)52(35(4)5)73(9)65(87)90-33-39-20-23-46(91-64-56(81)54(79)55(80)58(92-64)63(85)86)40(29-39)41(67)21-22-42(68)45(32-66)75-48(76)24-25-49(75)77/h13-15,17-18,20,23-26,28-29,34-37,41-45,47,51-58,64,79-81H,12,16,19,21-22,27,30-33,66-68H2,1-11H3,(H,70,82)(H,71,83)(H,85,86)/t36-,37+,41?,42-,43-,44-,45-,47+,51-,52-,53-,54-,55-,56+,57+,58-,64+/m0/s1. The third-order valence-corrected chi connectivity index (χ3v) is 18.9. The zero-order valence-corrected chi connectivity index (χ0v) is 55.8. The van der Waals surface area contributed by atoms with Crippen LogP contribution in [0.3, 0.4) is 0 Å². The van der Waals surface area contributed by atoms with Crippen LogP contribution >= 0.6 is 11.3 Å². The van der Waals surface area contributed by atoms with Crippen molar-refractivity contribution in [1.82, 2.24) is 35.2 Å². The Morgan fingerprint density at radius 3 is 2.11 bits per heavy atom. The summed E-state index contributed by atoms with van der Waals surface area (Å²) in [7, 11) is 6.04. The van der Waals surface area contributed by atoms with Crippen LogP contribution in [-0.4, -0.2) is 213 Å². The highest BCUT2D eigenvalue weighted by atomic mass is 32.1. The van der Waals surface area contributed by atoms with Crippen LogP contribution in [-0.2, 0) is 65.5 Å². The van der Waals surface area contributed by atoms with E-state index < -0.39 is 145 Å². The predicted molar refractivity (Wildman–Crippen MR) is 342 cm³/mol. The normalized spacial score (nSPS) is 22.7. The summed E-state index contributed by atoms with van der Waals surface area (Å²) in [6.45, 7) is 12.6. The third-order valence-electron chi connectivity index (χ3n) is 18.1. The van der Waals surface area contributed by atoms with E-state index in [9.17, 15) is 58.8 Å². The van der Waals surface area contributed by atoms with Gasteiger partial charge in [0.05, 0.1) is 48.7 Å². The third kappa shape index (κ3) is 18.5. The maximum absolute atomic E-state index is 14.9. The molecule has 514 valence electrons. The molecule has 93 heavy (non-hydrogen) atoms. The Morgan fingerprint density at radius 2 is 1.53 bits per heavy atom. The Labute approximate surface area is 547 Å². The average molecular weight is 1320 g/mol. The summed E-state index contributed by atoms with van der Waals surface area (Å²) in [5.74, 6) is -6.29. The topological polar surface area (TPSA) is 392 Å². The minimum Gasteiger partial charge on any atom is -0.479 e. The molecule has 0 spiro atoms. The van der Waals surface area contributed by atoms with Gasteiger partial charge in [-0.15, -0.1) is 11.3 Å². The van der Waals surface area contributed by atoms with Crippen LogP contribution in [0.25, 0.3) is 0 Å². The highest BCUT2D eigenvalue weighted by molar-refractivity contribution is 7.09. The van der Waals surface area contributed by atoms with Crippen molar-refractivity contribution in [2.45, 2.75) is 191 Å². The summed E-state index contributed by atoms with van der Waals surface area (Å²) in [6, 6.07) is 7.69. The lowest BCUT2D eigenvalue weighted by molar-refractivity contribution is -0.271. The molecule has 3 aromatic rings. The van der Waals surface area contributed by atoms with Crippen LogP contribution in [0, 0.1) is 23.7 Å². The van der Waals surface area contributed by atoms with Gasteiger partial charge in [-0.25, -0.2) is 14.6 Å². The van der Waals surface area contributed by atoms with E-state index in [2.05, 4.69) is 15.6 Å². The minimum absolute atomic E-state index is 0.0629. The van der Waals surface area contributed by atoms with Gasteiger partial charge in [-0.1, -0.05) is 91.3 Å². The maximum atomic E-state index is 14.9. The van der Waals surface area contributed by atoms with E-state index in [1.807, 2.05) is 49.6 Å². The van der Waals surface area contributed by atoms with E-state index in [1.54, 1.807) is 59.9 Å². The molecule has 4 heterocycles. The smallest absolute Gasteiger partial charge is 0.410 e. The van der Waals surface area contributed by atoms with Gasteiger partial charge in [-0.3, -0.25) is 38.6 Å². The molecule has 0 radical (unpaired) electrons. The SMILES string of the molecule is CC[C@H](C)[C@@H]([C@@H](CC(=O)N1CCC[C@H]1[C@H](OC)[C@@H](C)C(=O)N[C@@H](Cc1ccccc1)c1nccs1)OC)N(C)C(=O)[C@@H](NC(=O)[C@H](C(C)C)N(C)C(=O)OCc1ccc(O[C@@H]2O[C@H](C(=O)O)[C@@H](O)[C@H](O)[C@H]2O)c(C(N)CC[C@H](N)[C@H](CN)N2C(=O)C=CC2=O)c1)C(C)C. The van der Waals surface area contributed by atoms with Crippen LogP contribution < -0.4 is 32.6 Å². The Hall–Kier alpha value is -6.99. The molecule has 3 aliphatic rings. The lowest BCUT2D eigenvalue weighted by Crippen LogP contribution is -2.61. The number of carboxylic acids is 1. The number of aliphatic hydroxyl groups excluding tert-OH is 3. The van der Waals surface area contributed by atoms with E-state index >= 15 is 0 Å². The molecule has 2 fully saturated rings. The number of carboxylic acid groups (broad SMARTS) is 1. The number of aromatic nitrogens is 1. The Bertz CT molecular complexity index is 3020. The lowest BCUT2D eigenvalue weighted by atomic mass is 9.89. The van der Waals surface area contributed by atoms with Crippen molar-refractivity contribution in [2.75, 3.05) is 41.4 Å². The quantitative estimate of drug-likeness (QED) is 0.0396. The van der Waals surface area contributed by atoms with Crippen molar-refractivity contribution in [1.29, 1.82) is 0 Å².